The van der Waals surface area contributed by atoms with E-state index in [9.17, 15) is 22.4 Å². The Bertz CT molecular complexity index is 878. The number of benzene rings is 2. The van der Waals surface area contributed by atoms with Crippen molar-refractivity contribution in [3.8, 4) is 11.1 Å². The lowest BCUT2D eigenvalue weighted by Gasteiger charge is -2.18. The third-order valence-corrected chi connectivity index (χ3v) is 3.56. The predicted octanol–water partition coefficient (Wildman–Crippen LogP) is 3.54. The number of carbonyl (C=O) groups is 1. The lowest BCUT2D eigenvalue weighted by Crippen LogP contribution is -2.30. The summed E-state index contributed by atoms with van der Waals surface area (Å²) in [6, 6.07) is 6.80. The van der Waals surface area contributed by atoms with Crippen LogP contribution in [0, 0.1) is 5.82 Å². The monoisotopic (exact) mass is 353 g/mol. The molecule has 0 unspecified atom stereocenters. The first-order chi connectivity index (χ1) is 11.8. The number of nitrogens with zero attached hydrogens (tertiary/aromatic N) is 1. The lowest BCUT2D eigenvalue weighted by molar-refractivity contribution is -0.137. The minimum atomic E-state index is -4.72. The Morgan fingerprint density at radius 1 is 1.12 bits per heavy atom. The van der Waals surface area contributed by atoms with Crippen molar-refractivity contribution in [2.45, 2.75) is 6.18 Å². The van der Waals surface area contributed by atoms with Crippen LogP contribution in [0.1, 0.15) is 11.1 Å². The maximum Gasteiger partial charge on any atom is 0.428 e. The van der Waals surface area contributed by atoms with Crippen LogP contribution in [0.2, 0.25) is 0 Å². The molecule has 0 aliphatic carbocycles. The summed E-state index contributed by atoms with van der Waals surface area (Å²) in [7, 11) is 0. The van der Waals surface area contributed by atoms with Crippen molar-refractivity contribution in [2.24, 2.45) is 5.10 Å². The Labute approximate surface area is 139 Å². The van der Waals surface area contributed by atoms with Crippen LogP contribution in [-0.2, 0) is 10.9 Å². The molecule has 1 heterocycles. The van der Waals surface area contributed by atoms with E-state index in [1.54, 1.807) is 0 Å². The van der Waals surface area contributed by atoms with Gasteiger partial charge in [-0.3, -0.25) is 0 Å². The molecule has 9 heteroatoms. The van der Waals surface area contributed by atoms with Gasteiger partial charge in [0.2, 0.25) is 0 Å². The highest BCUT2D eigenvalue weighted by Crippen LogP contribution is 2.39. The number of nitrogen functional groups attached to an aromatic ring is 1. The van der Waals surface area contributed by atoms with E-state index in [1.807, 2.05) is 5.43 Å². The molecule has 3 rings (SSSR count). The summed E-state index contributed by atoms with van der Waals surface area (Å²) < 4.78 is 59.1. The molecule has 3 N–H and O–H groups in total. The van der Waals surface area contributed by atoms with E-state index < -0.39 is 23.7 Å². The minimum absolute atomic E-state index is 0.104. The standard InChI is InChI=1S/C16H11F4N3O2/c17-13-6-9(21)2-4-11(13)10-3-1-8(5-12(10)16(18,19)20)14-7-25-15(24)23-22-14/h1-6H,7,21H2,(H,23,24). The molecule has 130 valence electrons. The van der Waals surface area contributed by atoms with Gasteiger partial charge in [0.05, 0.1) is 5.56 Å². The Balaban J connectivity index is 2.12. The van der Waals surface area contributed by atoms with Gasteiger partial charge >= 0.3 is 12.3 Å². The van der Waals surface area contributed by atoms with Gasteiger partial charge in [-0.1, -0.05) is 12.1 Å². The zero-order valence-corrected chi connectivity index (χ0v) is 12.5. The largest absolute Gasteiger partial charge is 0.442 e. The number of anilines is 1. The fourth-order valence-corrected chi connectivity index (χ4v) is 2.40. The summed E-state index contributed by atoms with van der Waals surface area (Å²) in [5, 5.41) is 3.67. The molecule has 2 aromatic carbocycles. The Hall–Kier alpha value is -3.10. The maximum absolute atomic E-state index is 14.1. The van der Waals surface area contributed by atoms with Crippen LogP contribution in [0.3, 0.4) is 0 Å². The number of hydrogen-bond donors (Lipinski definition) is 2. The zero-order chi connectivity index (χ0) is 18.2. The number of halogens is 4. The molecular weight excluding hydrogens is 342 g/mol. The SMILES string of the molecule is Nc1ccc(-c2ccc(C3=NNC(=O)OC3)cc2C(F)(F)F)c(F)c1. The van der Waals surface area contributed by atoms with Crippen LogP contribution in [0.25, 0.3) is 11.1 Å². The van der Waals surface area contributed by atoms with Gasteiger partial charge in [-0.15, -0.1) is 0 Å². The molecule has 0 saturated heterocycles. The number of ether oxygens (including phenoxy) is 1. The van der Waals surface area contributed by atoms with Crippen molar-refractivity contribution in [3.63, 3.8) is 0 Å². The number of rotatable bonds is 2. The van der Waals surface area contributed by atoms with Gasteiger partial charge in [0, 0.05) is 16.8 Å². The molecule has 25 heavy (non-hydrogen) atoms. The van der Waals surface area contributed by atoms with Gasteiger partial charge < -0.3 is 10.5 Å². The predicted molar refractivity (Wildman–Crippen MR) is 82.3 cm³/mol. The highest BCUT2D eigenvalue weighted by Gasteiger charge is 2.35. The van der Waals surface area contributed by atoms with Crippen LogP contribution in [0.4, 0.5) is 28.0 Å². The van der Waals surface area contributed by atoms with Gasteiger partial charge in [0.1, 0.15) is 18.1 Å². The molecule has 0 fully saturated rings. The van der Waals surface area contributed by atoms with Crippen molar-refractivity contribution in [1.29, 1.82) is 0 Å². The Kier molecular flexibility index (Phi) is 4.07. The van der Waals surface area contributed by atoms with E-state index in [4.69, 9.17) is 5.73 Å². The quantitative estimate of drug-likeness (QED) is 0.640. The summed E-state index contributed by atoms with van der Waals surface area (Å²) >= 11 is 0. The molecule has 2 aromatic rings. The third-order valence-electron chi connectivity index (χ3n) is 3.56. The molecule has 1 amide bonds. The van der Waals surface area contributed by atoms with Crippen molar-refractivity contribution in [1.82, 2.24) is 5.43 Å². The second-order valence-corrected chi connectivity index (χ2v) is 5.24. The van der Waals surface area contributed by atoms with Crippen molar-refractivity contribution >= 4 is 17.5 Å². The minimum Gasteiger partial charge on any atom is -0.442 e. The molecule has 1 aliphatic rings. The second kappa shape index (κ2) is 6.08. The van der Waals surface area contributed by atoms with Crippen molar-refractivity contribution in [3.05, 3.63) is 53.3 Å². The van der Waals surface area contributed by atoms with Crippen LogP contribution < -0.4 is 11.2 Å². The first kappa shape index (κ1) is 16.7. The van der Waals surface area contributed by atoms with Crippen LogP contribution in [0.15, 0.2) is 41.5 Å². The van der Waals surface area contributed by atoms with Gasteiger partial charge in [-0.05, 0) is 29.8 Å². The number of cyclic esters (lactones) is 1. The van der Waals surface area contributed by atoms with Crippen LogP contribution in [0.5, 0.6) is 0 Å². The number of carbonyl (C=O) groups excluding carboxylic acids is 1. The van der Waals surface area contributed by atoms with E-state index in [-0.39, 0.29) is 34.7 Å². The van der Waals surface area contributed by atoms with Gasteiger partial charge in [0.25, 0.3) is 0 Å². The number of nitrogens with one attached hydrogen (secondary N) is 1. The molecule has 0 spiro atoms. The molecule has 1 aliphatic heterocycles. The van der Waals surface area contributed by atoms with Gasteiger partial charge in [-0.25, -0.2) is 14.6 Å². The summed E-state index contributed by atoms with van der Waals surface area (Å²) in [6.07, 6.45) is -5.52. The summed E-state index contributed by atoms with van der Waals surface area (Å²) in [6.45, 7) is -0.265. The van der Waals surface area contributed by atoms with E-state index in [2.05, 4.69) is 9.84 Å². The smallest absolute Gasteiger partial charge is 0.428 e. The number of amides is 1. The normalized spacial score (nSPS) is 14.6. The topological polar surface area (TPSA) is 76.7 Å². The van der Waals surface area contributed by atoms with Gasteiger partial charge in [0.15, 0.2) is 0 Å². The Morgan fingerprint density at radius 2 is 1.84 bits per heavy atom. The van der Waals surface area contributed by atoms with Crippen molar-refractivity contribution < 1.29 is 27.1 Å². The molecular formula is C16H11F4N3O2. The van der Waals surface area contributed by atoms with Crippen LogP contribution in [-0.4, -0.2) is 18.4 Å². The fraction of sp³-hybridized carbons (Fsp3) is 0.125. The summed E-state index contributed by atoms with van der Waals surface area (Å²) in [4.78, 5) is 10.9. The molecule has 0 atom stereocenters. The second-order valence-electron chi connectivity index (χ2n) is 5.24. The highest BCUT2D eigenvalue weighted by molar-refractivity contribution is 6.04. The van der Waals surface area contributed by atoms with Crippen molar-refractivity contribution in [2.75, 3.05) is 12.3 Å². The highest BCUT2D eigenvalue weighted by atomic mass is 19.4. The van der Waals surface area contributed by atoms with E-state index in [0.717, 1.165) is 18.2 Å². The Morgan fingerprint density at radius 3 is 2.44 bits per heavy atom. The van der Waals surface area contributed by atoms with E-state index >= 15 is 0 Å². The molecule has 0 aromatic heterocycles. The number of hydrogen-bond acceptors (Lipinski definition) is 4. The number of alkyl halides is 3. The van der Waals surface area contributed by atoms with E-state index in [0.29, 0.717) is 0 Å². The number of nitrogens with two attached hydrogens (primary N) is 1. The third kappa shape index (κ3) is 3.39. The number of hydrazone groups is 1. The maximum atomic E-state index is 14.1. The van der Waals surface area contributed by atoms with Gasteiger partial charge in [-0.2, -0.15) is 18.3 Å². The zero-order valence-electron chi connectivity index (χ0n) is 12.5. The summed E-state index contributed by atoms with van der Waals surface area (Å²) in [5.41, 5.74) is 6.21. The first-order valence-corrected chi connectivity index (χ1v) is 7.02. The average molecular weight is 353 g/mol. The average Bonchev–Trinajstić information content (AvgIpc) is 2.54. The molecule has 5 nitrogen and oxygen atoms in total. The molecule has 0 saturated carbocycles. The van der Waals surface area contributed by atoms with Crippen LogP contribution >= 0.6 is 0 Å². The van der Waals surface area contributed by atoms with E-state index in [1.165, 1.54) is 18.2 Å². The fourth-order valence-electron chi connectivity index (χ4n) is 2.40. The lowest BCUT2D eigenvalue weighted by atomic mass is 9.95. The molecule has 0 bridgehead atoms. The summed E-state index contributed by atoms with van der Waals surface area (Å²) in [5.74, 6) is -0.858. The first-order valence-electron chi connectivity index (χ1n) is 7.02. The molecule has 0 radical (unpaired) electrons.